The third-order valence-corrected chi connectivity index (χ3v) is 12.7. The quantitative estimate of drug-likeness (QED) is 0.359. The summed E-state index contributed by atoms with van der Waals surface area (Å²) in [6, 6.07) is 3.17. The lowest BCUT2D eigenvalue weighted by molar-refractivity contribution is -0.143. The fourth-order valence-electron chi connectivity index (χ4n) is 7.35. The van der Waals surface area contributed by atoms with Gasteiger partial charge in [-0.15, -0.1) is 0 Å². The molecule has 302 valence electrons. The number of amides is 5. The molecule has 55 heavy (non-hydrogen) atoms. The lowest BCUT2D eigenvalue weighted by Gasteiger charge is -2.35. The van der Waals surface area contributed by atoms with Crippen LogP contribution in [-0.2, 0) is 51.7 Å². The number of ether oxygens (including phenoxy) is 4. The second-order valence-electron chi connectivity index (χ2n) is 16.8. The van der Waals surface area contributed by atoms with Gasteiger partial charge in [0.15, 0.2) is 0 Å². The molecule has 0 aromatic heterocycles. The molecule has 2 saturated carbocycles. The van der Waals surface area contributed by atoms with Crippen molar-refractivity contribution >= 4 is 39.9 Å². The summed E-state index contributed by atoms with van der Waals surface area (Å²) in [4.78, 5) is 71.9. The number of nitrogens with one attached hydrogen (secondary N) is 3. The van der Waals surface area contributed by atoms with Gasteiger partial charge < -0.3 is 34.5 Å². The highest BCUT2D eigenvalue weighted by molar-refractivity contribution is 7.91. The van der Waals surface area contributed by atoms with Crippen LogP contribution in [0.3, 0.4) is 0 Å². The molecule has 1 saturated heterocycles. The number of cyclic esters (lactones) is 1. The first-order valence-electron chi connectivity index (χ1n) is 18.9. The molecule has 4 bridgehead atoms. The number of fused-ring (bicyclic) bond motifs is 3. The summed E-state index contributed by atoms with van der Waals surface area (Å²) in [7, 11) is -3.90. The lowest BCUT2D eigenvalue weighted by Crippen LogP contribution is -2.60. The van der Waals surface area contributed by atoms with Gasteiger partial charge in [-0.2, -0.15) is 0 Å². The van der Waals surface area contributed by atoms with Crippen molar-refractivity contribution in [2.75, 3.05) is 26.4 Å². The Hall–Kier alpha value is -4.38. The van der Waals surface area contributed by atoms with Crippen LogP contribution in [0.4, 0.5) is 9.59 Å². The number of carbonyl (C=O) groups excluding carboxylic acids is 5. The standard InChI is InChI=1S/C38H53N5O11S/c1-7-24-18-38(24,33(46)41-55(49,50)26-13-14-26)40-31(44)28-17-25-20-43(28)32(45)30(36(2,3)4)39-34(47)52-22-37(5,6)53-16-9-8-15-51-29-12-10-11-23-19-42(21-27(23)29)35(48)54-25/h8-12,24-26,28,30H,7,13-22H2,1-6H3,(H,39,47)(H,40,44)(H,41,46)/b9-8+/t24-,25?,28-,30+,38-/m0/s1. The minimum Gasteiger partial charge on any atom is -0.489 e. The van der Waals surface area contributed by atoms with Crippen molar-refractivity contribution in [1.82, 2.24) is 25.2 Å². The van der Waals surface area contributed by atoms with Gasteiger partial charge in [0.2, 0.25) is 21.8 Å². The molecule has 1 aromatic carbocycles. The molecule has 1 aromatic rings. The smallest absolute Gasteiger partial charge is 0.410 e. The van der Waals surface area contributed by atoms with E-state index < -0.39 is 79.9 Å². The lowest BCUT2D eigenvalue weighted by atomic mass is 9.85. The fourth-order valence-corrected chi connectivity index (χ4v) is 8.71. The molecule has 5 amide bonds. The van der Waals surface area contributed by atoms with E-state index in [1.54, 1.807) is 40.7 Å². The number of rotatable bonds is 6. The zero-order chi connectivity index (χ0) is 39.9. The Labute approximate surface area is 322 Å². The number of benzene rings is 1. The van der Waals surface area contributed by atoms with Gasteiger partial charge in [-0.3, -0.25) is 24.0 Å². The number of sulfonamides is 1. The van der Waals surface area contributed by atoms with Crippen LogP contribution < -0.4 is 20.1 Å². The van der Waals surface area contributed by atoms with Crippen LogP contribution in [0.5, 0.6) is 5.75 Å². The van der Waals surface area contributed by atoms with Gasteiger partial charge in [-0.25, -0.2) is 18.0 Å². The maximum atomic E-state index is 14.5. The maximum absolute atomic E-state index is 14.5. The Morgan fingerprint density at radius 3 is 2.44 bits per heavy atom. The Morgan fingerprint density at radius 1 is 1.04 bits per heavy atom. The van der Waals surface area contributed by atoms with Crippen LogP contribution in [0.15, 0.2) is 30.4 Å². The summed E-state index contributed by atoms with van der Waals surface area (Å²) >= 11 is 0. The highest BCUT2D eigenvalue weighted by atomic mass is 32.2. The molecule has 3 aliphatic heterocycles. The molecular weight excluding hydrogens is 735 g/mol. The Morgan fingerprint density at radius 2 is 1.76 bits per heavy atom. The second-order valence-corrected chi connectivity index (χ2v) is 18.8. The van der Waals surface area contributed by atoms with E-state index in [0.29, 0.717) is 25.0 Å². The van der Waals surface area contributed by atoms with Crippen molar-refractivity contribution in [2.45, 2.75) is 121 Å². The monoisotopic (exact) mass is 787 g/mol. The third kappa shape index (κ3) is 9.03. The molecular formula is C38H53N5O11S. The summed E-state index contributed by atoms with van der Waals surface area (Å²) in [6.45, 7) is 11.3. The average molecular weight is 788 g/mol. The highest BCUT2D eigenvalue weighted by Crippen LogP contribution is 2.47. The molecule has 3 heterocycles. The molecule has 5 aliphatic rings. The Bertz CT molecular complexity index is 1840. The largest absolute Gasteiger partial charge is 0.489 e. The van der Waals surface area contributed by atoms with E-state index in [1.807, 2.05) is 31.2 Å². The van der Waals surface area contributed by atoms with Crippen molar-refractivity contribution in [2.24, 2.45) is 11.3 Å². The second kappa shape index (κ2) is 15.3. The average Bonchev–Trinajstić information content (AvgIpc) is 4.00. The zero-order valence-electron chi connectivity index (χ0n) is 32.3. The zero-order valence-corrected chi connectivity index (χ0v) is 33.2. The Balaban J connectivity index is 1.27. The van der Waals surface area contributed by atoms with Crippen LogP contribution >= 0.6 is 0 Å². The number of hydrogen-bond acceptors (Lipinski definition) is 11. The number of carbonyl (C=O) groups is 5. The SMILES string of the molecule is CC[C@H]1C[C@@]1(NC(=O)[C@@H]1CC2CN1C(=O)[C@H](C(C)(C)C)NC(=O)OCC(C)(C)OC/C=C/COc1cccc3c1CN(C3)C(=O)O2)C(=O)NS(=O)(=O)C1CC1. The molecule has 3 fully saturated rings. The summed E-state index contributed by atoms with van der Waals surface area (Å²) in [5, 5.41) is 4.84. The molecule has 0 radical (unpaired) electrons. The maximum Gasteiger partial charge on any atom is 0.410 e. The van der Waals surface area contributed by atoms with E-state index in [9.17, 15) is 32.4 Å². The van der Waals surface area contributed by atoms with Gasteiger partial charge in [-0.1, -0.05) is 52.3 Å². The van der Waals surface area contributed by atoms with Gasteiger partial charge in [0.25, 0.3) is 5.91 Å². The van der Waals surface area contributed by atoms with E-state index >= 15 is 0 Å². The van der Waals surface area contributed by atoms with E-state index in [4.69, 9.17) is 18.9 Å². The molecule has 0 spiro atoms. The topological polar surface area (TPSA) is 199 Å². The Kier molecular flexibility index (Phi) is 11.2. The summed E-state index contributed by atoms with van der Waals surface area (Å²) < 4.78 is 51.0. The van der Waals surface area contributed by atoms with Crippen LogP contribution in [0, 0.1) is 11.3 Å². The van der Waals surface area contributed by atoms with Crippen LogP contribution in [0.1, 0.15) is 84.8 Å². The first-order valence-corrected chi connectivity index (χ1v) is 20.5. The van der Waals surface area contributed by atoms with Crippen LogP contribution in [0.25, 0.3) is 0 Å². The fraction of sp³-hybridized carbons (Fsp3) is 0.658. The number of nitrogens with zero attached hydrogens (tertiary/aromatic N) is 2. The normalized spacial score (nSPS) is 29.4. The van der Waals surface area contributed by atoms with Crippen molar-refractivity contribution in [3.05, 3.63) is 41.5 Å². The number of hydrogen-bond donors (Lipinski definition) is 3. The van der Waals surface area contributed by atoms with Crippen LogP contribution in [0.2, 0.25) is 0 Å². The van der Waals surface area contributed by atoms with Crippen LogP contribution in [-0.4, -0.2) is 109 Å². The van der Waals surface area contributed by atoms with Gasteiger partial charge in [-0.05, 0) is 62.1 Å². The van der Waals surface area contributed by atoms with Crippen molar-refractivity contribution in [3.8, 4) is 5.75 Å². The van der Waals surface area contributed by atoms with E-state index in [-0.39, 0.29) is 58.2 Å². The molecule has 2 aliphatic carbocycles. The van der Waals surface area contributed by atoms with E-state index in [2.05, 4.69) is 15.4 Å². The minimum absolute atomic E-state index is 0.105. The molecule has 1 unspecified atom stereocenters. The van der Waals surface area contributed by atoms with Crippen molar-refractivity contribution in [3.63, 3.8) is 0 Å². The number of alkyl carbamates (subject to hydrolysis) is 1. The first-order chi connectivity index (χ1) is 25.8. The summed E-state index contributed by atoms with van der Waals surface area (Å²) in [6.07, 6.45) is 2.67. The minimum atomic E-state index is -3.90. The first kappa shape index (κ1) is 40.3. The summed E-state index contributed by atoms with van der Waals surface area (Å²) in [5.74, 6) is -1.85. The molecule has 17 heteroatoms. The summed E-state index contributed by atoms with van der Waals surface area (Å²) in [5.41, 5.74) is -1.50. The third-order valence-electron chi connectivity index (χ3n) is 10.9. The van der Waals surface area contributed by atoms with E-state index in [0.717, 1.165) is 11.1 Å². The highest BCUT2D eigenvalue weighted by Gasteiger charge is 2.62. The van der Waals surface area contributed by atoms with Gasteiger partial charge in [0.05, 0.1) is 30.5 Å². The molecule has 5 atom stereocenters. The van der Waals surface area contributed by atoms with Crippen molar-refractivity contribution < 1.29 is 51.3 Å². The predicted octanol–water partition coefficient (Wildman–Crippen LogP) is 2.89. The predicted molar refractivity (Wildman–Crippen MR) is 198 cm³/mol. The van der Waals surface area contributed by atoms with Gasteiger partial charge >= 0.3 is 12.2 Å². The van der Waals surface area contributed by atoms with Gasteiger partial charge in [0, 0.05) is 18.5 Å². The van der Waals surface area contributed by atoms with Crippen molar-refractivity contribution in [1.29, 1.82) is 0 Å². The van der Waals surface area contributed by atoms with Gasteiger partial charge in [0.1, 0.15) is 42.7 Å². The molecule has 3 N–H and O–H groups in total. The molecule has 6 rings (SSSR count). The molecule has 16 nitrogen and oxygen atoms in total. The van der Waals surface area contributed by atoms with E-state index in [1.165, 1.54) is 9.80 Å².